The van der Waals surface area contributed by atoms with Gasteiger partial charge in [0.05, 0.1) is 13.7 Å². The molecule has 1 fully saturated rings. The zero-order valence-electron chi connectivity index (χ0n) is 12.9. The average molecular weight is 347 g/mol. The lowest BCUT2D eigenvalue weighted by Gasteiger charge is -2.29. The highest BCUT2D eigenvalue weighted by Gasteiger charge is 2.19. The van der Waals surface area contributed by atoms with Crippen molar-refractivity contribution in [2.45, 2.75) is 19.4 Å². The molecule has 1 N–H and O–H groups in total. The summed E-state index contributed by atoms with van der Waals surface area (Å²) in [6.07, 6.45) is 2.33. The van der Waals surface area contributed by atoms with Crippen molar-refractivity contribution in [2.24, 2.45) is 5.92 Å². The van der Waals surface area contributed by atoms with Crippen LogP contribution in [0, 0.1) is 5.92 Å². The van der Waals surface area contributed by atoms with Crippen LogP contribution in [0.4, 0.5) is 0 Å². The first kappa shape index (κ1) is 19.2. The molecular formula is C16H24Cl2N2O2. The van der Waals surface area contributed by atoms with Crippen molar-refractivity contribution in [3.05, 3.63) is 34.9 Å². The Balaban J connectivity index is 0.00000242. The Morgan fingerprint density at radius 3 is 2.55 bits per heavy atom. The monoisotopic (exact) mass is 346 g/mol. The number of benzene rings is 1. The van der Waals surface area contributed by atoms with Crippen LogP contribution in [0.25, 0.3) is 0 Å². The molecule has 1 aliphatic rings. The number of carbonyl (C=O) groups excluding carboxylic acids is 1. The quantitative estimate of drug-likeness (QED) is 0.804. The van der Waals surface area contributed by atoms with Crippen LogP contribution in [-0.2, 0) is 16.1 Å². The second kappa shape index (κ2) is 10.1. The molecule has 1 aromatic carbocycles. The van der Waals surface area contributed by atoms with E-state index < -0.39 is 0 Å². The molecule has 2 rings (SSSR count). The number of halogens is 2. The van der Waals surface area contributed by atoms with Gasteiger partial charge in [-0.2, -0.15) is 0 Å². The summed E-state index contributed by atoms with van der Waals surface area (Å²) in [6, 6.07) is 7.79. The summed E-state index contributed by atoms with van der Waals surface area (Å²) in [5, 5.41) is 4.10. The van der Waals surface area contributed by atoms with Gasteiger partial charge in [-0.15, -0.1) is 12.4 Å². The Bertz CT molecular complexity index is 448. The van der Waals surface area contributed by atoms with Crippen molar-refractivity contribution in [3.8, 4) is 0 Å². The smallest absolute Gasteiger partial charge is 0.319 e. The maximum Gasteiger partial charge on any atom is 0.319 e. The molecule has 124 valence electrons. The molecule has 1 heterocycles. The summed E-state index contributed by atoms with van der Waals surface area (Å²) >= 11 is 5.92. The van der Waals surface area contributed by atoms with Gasteiger partial charge in [0.15, 0.2) is 0 Å². The van der Waals surface area contributed by atoms with Crippen LogP contribution in [0.5, 0.6) is 0 Å². The molecule has 0 amide bonds. The molecule has 1 aliphatic heterocycles. The van der Waals surface area contributed by atoms with E-state index in [-0.39, 0.29) is 18.4 Å². The third-order valence-electron chi connectivity index (χ3n) is 3.87. The summed E-state index contributed by atoms with van der Waals surface area (Å²) in [5.74, 6) is 0.459. The zero-order valence-corrected chi connectivity index (χ0v) is 14.5. The van der Waals surface area contributed by atoms with E-state index in [1.165, 1.54) is 7.11 Å². The molecular weight excluding hydrogens is 323 g/mol. The van der Waals surface area contributed by atoms with Crippen molar-refractivity contribution < 1.29 is 9.53 Å². The fourth-order valence-corrected chi connectivity index (χ4v) is 2.84. The van der Waals surface area contributed by atoms with Crippen LogP contribution in [0.1, 0.15) is 18.4 Å². The zero-order chi connectivity index (χ0) is 15.1. The van der Waals surface area contributed by atoms with Crippen molar-refractivity contribution in [1.29, 1.82) is 0 Å². The Kier molecular flexibility index (Phi) is 8.79. The number of piperidine rings is 1. The Morgan fingerprint density at radius 2 is 1.95 bits per heavy atom. The van der Waals surface area contributed by atoms with Gasteiger partial charge < -0.3 is 10.1 Å². The molecule has 0 bridgehead atoms. The molecule has 1 saturated heterocycles. The molecule has 0 aliphatic carbocycles. The third kappa shape index (κ3) is 6.53. The first-order valence-corrected chi connectivity index (χ1v) is 7.79. The van der Waals surface area contributed by atoms with E-state index in [1.54, 1.807) is 0 Å². The highest BCUT2D eigenvalue weighted by molar-refractivity contribution is 6.30. The van der Waals surface area contributed by atoms with Gasteiger partial charge in [0, 0.05) is 18.1 Å². The number of nitrogens with one attached hydrogen (secondary N) is 1. The van der Waals surface area contributed by atoms with Gasteiger partial charge >= 0.3 is 5.97 Å². The number of methoxy groups -OCH3 is 1. The molecule has 0 saturated carbocycles. The Morgan fingerprint density at radius 1 is 1.32 bits per heavy atom. The topological polar surface area (TPSA) is 41.6 Å². The van der Waals surface area contributed by atoms with Gasteiger partial charge in [-0.05, 0) is 49.5 Å². The van der Waals surface area contributed by atoms with Crippen LogP contribution >= 0.6 is 24.0 Å². The average Bonchev–Trinajstić information content (AvgIpc) is 2.50. The SMILES string of the molecule is COC(=O)CN(Cc1ccc(Cl)cc1)CC1CCNCC1.Cl. The lowest BCUT2D eigenvalue weighted by atomic mass is 9.97. The summed E-state index contributed by atoms with van der Waals surface area (Å²) < 4.78 is 4.81. The number of carbonyl (C=O) groups is 1. The molecule has 0 aromatic heterocycles. The molecule has 6 heteroatoms. The second-order valence-corrected chi connectivity index (χ2v) is 6.00. The molecule has 22 heavy (non-hydrogen) atoms. The summed E-state index contributed by atoms with van der Waals surface area (Å²) in [5.41, 5.74) is 1.16. The van der Waals surface area contributed by atoms with Crippen molar-refractivity contribution in [3.63, 3.8) is 0 Å². The van der Waals surface area contributed by atoms with Gasteiger partial charge in [-0.3, -0.25) is 9.69 Å². The van der Waals surface area contributed by atoms with Crippen molar-refractivity contribution in [1.82, 2.24) is 10.2 Å². The standard InChI is InChI=1S/C16H23ClN2O2.ClH/c1-21-16(20)12-19(11-14-6-8-18-9-7-14)10-13-2-4-15(17)5-3-13;/h2-5,14,18H,6-12H2,1H3;1H. The minimum absolute atomic E-state index is 0. The summed E-state index contributed by atoms with van der Waals surface area (Å²) in [4.78, 5) is 13.8. The highest BCUT2D eigenvalue weighted by Crippen LogP contribution is 2.16. The number of rotatable bonds is 6. The van der Waals surface area contributed by atoms with Gasteiger partial charge in [0.2, 0.25) is 0 Å². The number of esters is 1. The van der Waals surface area contributed by atoms with Crippen LogP contribution < -0.4 is 5.32 Å². The van der Waals surface area contributed by atoms with Crippen molar-refractivity contribution in [2.75, 3.05) is 33.3 Å². The Labute approximate surface area is 143 Å². The molecule has 0 atom stereocenters. The minimum atomic E-state index is -0.183. The van der Waals surface area contributed by atoms with Crippen LogP contribution in [0.15, 0.2) is 24.3 Å². The van der Waals surface area contributed by atoms with E-state index in [0.29, 0.717) is 12.5 Å². The predicted molar refractivity (Wildman–Crippen MR) is 91.6 cm³/mol. The van der Waals surface area contributed by atoms with E-state index in [9.17, 15) is 4.79 Å². The number of nitrogens with zero attached hydrogens (tertiary/aromatic N) is 1. The summed E-state index contributed by atoms with van der Waals surface area (Å²) in [7, 11) is 1.44. The lowest BCUT2D eigenvalue weighted by Crippen LogP contribution is -2.38. The third-order valence-corrected chi connectivity index (χ3v) is 4.13. The van der Waals surface area contributed by atoms with E-state index in [4.69, 9.17) is 16.3 Å². The van der Waals surface area contributed by atoms with Gasteiger partial charge in [0.1, 0.15) is 0 Å². The highest BCUT2D eigenvalue weighted by atomic mass is 35.5. The molecule has 0 spiro atoms. The Hall–Kier alpha value is -0.810. The van der Waals surface area contributed by atoms with E-state index >= 15 is 0 Å². The van der Waals surface area contributed by atoms with Gasteiger partial charge in [-0.25, -0.2) is 0 Å². The molecule has 4 nitrogen and oxygen atoms in total. The predicted octanol–water partition coefficient (Wildman–Crippen LogP) is 2.74. The van der Waals surface area contributed by atoms with E-state index in [1.807, 2.05) is 24.3 Å². The first-order chi connectivity index (χ1) is 10.2. The minimum Gasteiger partial charge on any atom is -0.468 e. The van der Waals surface area contributed by atoms with Gasteiger partial charge in [0.25, 0.3) is 0 Å². The maximum absolute atomic E-state index is 11.6. The fraction of sp³-hybridized carbons (Fsp3) is 0.562. The second-order valence-electron chi connectivity index (χ2n) is 5.57. The largest absolute Gasteiger partial charge is 0.468 e. The van der Waals surface area contributed by atoms with Crippen LogP contribution in [0.3, 0.4) is 0 Å². The molecule has 0 unspecified atom stereocenters. The van der Waals surface area contributed by atoms with E-state index in [0.717, 1.165) is 49.6 Å². The summed E-state index contributed by atoms with van der Waals surface area (Å²) in [6.45, 7) is 4.15. The number of hydrogen-bond donors (Lipinski definition) is 1. The maximum atomic E-state index is 11.6. The number of ether oxygens (including phenoxy) is 1. The van der Waals surface area contributed by atoms with E-state index in [2.05, 4.69) is 10.2 Å². The first-order valence-electron chi connectivity index (χ1n) is 7.41. The van der Waals surface area contributed by atoms with Crippen LogP contribution in [0.2, 0.25) is 5.02 Å². The van der Waals surface area contributed by atoms with Crippen LogP contribution in [-0.4, -0.2) is 44.2 Å². The van der Waals surface area contributed by atoms with Gasteiger partial charge in [-0.1, -0.05) is 23.7 Å². The normalized spacial score (nSPS) is 15.4. The van der Waals surface area contributed by atoms with Crippen molar-refractivity contribution >= 4 is 30.0 Å². The lowest BCUT2D eigenvalue weighted by molar-refractivity contribution is -0.142. The fourth-order valence-electron chi connectivity index (χ4n) is 2.71. The molecule has 1 aromatic rings. The molecule has 0 radical (unpaired) electrons. The number of hydrogen-bond acceptors (Lipinski definition) is 4.